The average molecular weight is 352 g/mol. The third kappa shape index (κ3) is 3.74. The topological polar surface area (TPSA) is 52.5 Å². The summed E-state index contributed by atoms with van der Waals surface area (Å²) in [6, 6.07) is 9.95. The second-order valence-corrected chi connectivity index (χ2v) is 7.44. The predicted octanol–water partition coefficient (Wildman–Crippen LogP) is 2.52. The maximum Gasteiger partial charge on any atom is 0.135 e. The Kier molecular flexibility index (Phi) is 5.18. The number of β-amino-alcohol motifs (C(OH)–C–C–N with tert-alkyl or cyclic N) is 1. The van der Waals surface area contributed by atoms with E-state index in [0.717, 1.165) is 56.2 Å². The maximum atomic E-state index is 10.5. The van der Waals surface area contributed by atoms with Gasteiger partial charge in [0.1, 0.15) is 11.6 Å². The van der Waals surface area contributed by atoms with E-state index in [-0.39, 0.29) is 0 Å². The van der Waals surface area contributed by atoms with Gasteiger partial charge in [-0.05, 0) is 38.2 Å². The van der Waals surface area contributed by atoms with Crippen LogP contribution < -0.4 is 4.90 Å². The summed E-state index contributed by atoms with van der Waals surface area (Å²) in [4.78, 5) is 14.2. The molecule has 1 N–H and O–H groups in total. The molecule has 5 nitrogen and oxygen atoms in total. The van der Waals surface area contributed by atoms with E-state index < -0.39 is 6.10 Å². The van der Waals surface area contributed by atoms with Gasteiger partial charge in [-0.1, -0.05) is 30.3 Å². The lowest BCUT2D eigenvalue weighted by molar-refractivity contribution is 0.109. The van der Waals surface area contributed by atoms with Crippen LogP contribution in [0.4, 0.5) is 5.82 Å². The van der Waals surface area contributed by atoms with Gasteiger partial charge in [0.05, 0.1) is 6.10 Å². The summed E-state index contributed by atoms with van der Waals surface area (Å²) in [5.41, 5.74) is 3.63. The molecule has 1 aromatic carbocycles. The molecule has 1 atom stereocenters. The van der Waals surface area contributed by atoms with Crippen LogP contribution in [-0.4, -0.2) is 52.7 Å². The van der Waals surface area contributed by atoms with E-state index in [2.05, 4.69) is 14.8 Å². The number of aromatic nitrogens is 2. The van der Waals surface area contributed by atoms with Crippen LogP contribution in [0, 0.1) is 6.92 Å². The van der Waals surface area contributed by atoms with Gasteiger partial charge in [-0.25, -0.2) is 9.97 Å². The average Bonchev–Trinajstić information content (AvgIpc) is 2.68. The van der Waals surface area contributed by atoms with Crippen LogP contribution in [0.3, 0.4) is 0 Å². The van der Waals surface area contributed by atoms with Crippen molar-refractivity contribution in [2.75, 3.05) is 37.6 Å². The fourth-order valence-electron chi connectivity index (χ4n) is 4.12. The van der Waals surface area contributed by atoms with Gasteiger partial charge >= 0.3 is 0 Å². The van der Waals surface area contributed by atoms with E-state index >= 15 is 0 Å². The first-order valence-electron chi connectivity index (χ1n) is 9.77. The standard InChI is InChI=1S/C21H28N4O/c1-16-22-19-10-6-5-9-18(19)21(23-16)25-13-11-24(12-14-25)15-20(26)17-7-3-2-4-8-17/h2-4,7-8,20,26H,5-6,9-15H2,1H3. The number of aliphatic hydroxyl groups excluding tert-OH is 1. The lowest BCUT2D eigenvalue weighted by Gasteiger charge is -2.37. The van der Waals surface area contributed by atoms with Gasteiger partial charge in [0.25, 0.3) is 0 Å². The molecule has 1 aliphatic heterocycles. The number of piperazine rings is 1. The van der Waals surface area contributed by atoms with Gasteiger partial charge in [0.15, 0.2) is 0 Å². The summed E-state index contributed by atoms with van der Waals surface area (Å²) in [6.07, 6.45) is 4.27. The predicted molar refractivity (Wildman–Crippen MR) is 103 cm³/mol. The van der Waals surface area contributed by atoms with Gasteiger partial charge in [-0.15, -0.1) is 0 Å². The second kappa shape index (κ2) is 7.72. The van der Waals surface area contributed by atoms with Gasteiger partial charge in [0.2, 0.25) is 0 Å². The van der Waals surface area contributed by atoms with Crippen molar-refractivity contribution in [3.63, 3.8) is 0 Å². The highest BCUT2D eigenvalue weighted by Crippen LogP contribution is 2.28. The molecule has 1 fully saturated rings. The van der Waals surface area contributed by atoms with Crippen molar-refractivity contribution < 1.29 is 5.11 Å². The molecule has 138 valence electrons. The monoisotopic (exact) mass is 352 g/mol. The van der Waals surface area contributed by atoms with Crippen LogP contribution in [0.2, 0.25) is 0 Å². The molecule has 0 bridgehead atoms. The van der Waals surface area contributed by atoms with Crippen molar-refractivity contribution in [2.24, 2.45) is 0 Å². The van der Waals surface area contributed by atoms with E-state index in [9.17, 15) is 5.11 Å². The van der Waals surface area contributed by atoms with Gasteiger partial charge in [0, 0.05) is 44.0 Å². The van der Waals surface area contributed by atoms with Crippen molar-refractivity contribution in [3.8, 4) is 0 Å². The van der Waals surface area contributed by atoms with Crippen molar-refractivity contribution in [2.45, 2.75) is 38.7 Å². The van der Waals surface area contributed by atoms with Crippen LogP contribution in [0.5, 0.6) is 0 Å². The first kappa shape index (κ1) is 17.4. The quantitative estimate of drug-likeness (QED) is 0.916. The molecule has 0 spiro atoms. The molecule has 4 rings (SSSR count). The minimum atomic E-state index is -0.420. The highest BCUT2D eigenvalue weighted by atomic mass is 16.3. The summed E-state index contributed by atoms with van der Waals surface area (Å²) < 4.78 is 0. The molecule has 0 amide bonds. The number of hydrogen-bond donors (Lipinski definition) is 1. The third-order valence-electron chi connectivity index (χ3n) is 5.56. The molecule has 1 saturated heterocycles. The molecule has 0 radical (unpaired) electrons. The highest BCUT2D eigenvalue weighted by Gasteiger charge is 2.25. The highest BCUT2D eigenvalue weighted by molar-refractivity contribution is 5.50. The van der Waals surface area contributed by atoms with Crippen LogP contribution in [0.25, 0.3) is 0 Å². The largest absolute Gasteiger partial charge is 0.387 e. The second-order valence-electron chi connectivity index (χ2n) is 7.44. The normalized spacial score (nSPS) is 19.2. The van der Waals surface area contributed by atoms with Crippen molar-refractivity contribution in [1.82, 2.24) is 14.9 Å². The molecule has 5 heteroatoms. The molecule has 0 saturated carbocycles. The molecule has 1 aliphatic carbocycles. The van der Waals surface area contributed by atoms with Crippen molar-refractivity contribution in [1.29, 1.82) is 0 Å². The fraction of sp³-hybridized carbons (Fsp3) is 0.524. The number of fused-ring (bicyclic) bond motifs is 1. The first-order valence-corrected chi connectivity index (χ1v) is 9.77. The minimum Gasteiger partial charge on any atom is -0.387 e. The lowest BCUT2D eigenvalue weighted by Crippen LogP contribution is -2.48. The summed E-state index contributed by atoms with van der Waals surface area (Å²) in [5, 5.41) is 10.5. The molecular weight excluding hydrogens is 324 g/mol. The van der Waals surface area contributed by atoms with E-state index in [1.807, 2.05) is 37.3 Å². The summed E-state index contributed by atoms with van der Waals surface area (Å²) in [6.45, 7) is 6.54. The number of nitrogens with zero attached hydrogens (tertiary/aromatic N) is 4. The number of hydrogen-bond acceptors (Lipinski definition) is 5. The van der Waals surface area contributed by atoms with E-state index in [1.165, 1.54) is 24.1 Å². The smallest absolute Gasteiger partial charge is 0.135 e. The van der Waals surface area contributed by atoms with E-state index in [0.29, 0.717) is 6.54 Å². The summed E-state index contributed by atoms with van der Waals surface area (Å²) in [7, 11) is 0. The van der Waals surface area contributed by atoms with Gasteiger partial charge in [-0.2, -0.15) is 0 Å². The molecule has 1 unspecified atom stereocenters. The molecule has 2 aromatic rings. The Balaban J connectivity index is 1.40. The van der Waals surface area contributed by atoms with Crippen LogP contribution in [0.1, 0.15) is 41.6 Å². The van der Waals surface area contributed by atoms with Gasteiger partial charge in [-0.3, -0.25) is 4.90 Å². The Bertz CT molecular complexity index is 741. The van der Waals surface area contributed by atoms with Crippen LogP contribution in [-0.2, 0) is 12.8 Å². The molecule has 2 heterocycles. The van der Waals surface area contributed by atoms with Crippen LogP contribution >= 0.6 is 0 Å². The molecule has 2 aliphatic rings. The first-order chi connectivity index (χ1) is 12.7. The molecular formula is C21H28N4O. The zero-order valence-electron chi connectivity index (χ0n) is 15.6. The SMILES string of the molecule is Cc1nc2c(c(N3CCN(CC(O)c4ccccc4)CC3)n1)CCCC2. The Hall–Kier alpha value is -1.98. The number of aliphatic hydroxyl groups is 1. The van der Waals surface area contributed by atoms with Gasteiger partial charge < -0.3 is 10.0 Å². The summed E-state index contributed by atoms with van der Waals surface area (Å²) in [5.74, 6) is 2.05. The summed E-state index contributed by atoms with van der Waals surface area (Å²) >= 11 is 0. The zero-order valence-corrected chi connectivity index (χ0v) is 15.6. The fourth-order valence-corrected chi connectivity index (χ4v) is 4.12. The number of aryl methyl sites for hydroxylation is 2. The van der Waals surface area contributed by atoms with E-state index in [4.69, 9.17) is 4.98 Å². The molecule has 1 aromatic heterocycles. The van der Waals surface area contributed by atoms with E-state index in [1.54, 1.807) is 0 Å². The Labute approximate surface area is 155 Å². The number of anilines is 1. The Morgan fingerprint density at radius 3 is 2.50 bits per heavy atom. The zero-order chi connectivity index (χ0) is 17.9. The minimum absolute atomic E-state index is 0.420. The number of rotatable bonds is 4. The van der Waals surface area contributed by atoms with Crippen molar-refractivity contribution in [3.05, 3.63) is 53.0 Å². The Morgan fingerprint density at radius 2 is 1.73 bits per heavy atom. The third-order valence-corrected chi connectivity index (χ3v) is 5.56. The Morgan fingerprint density at radius 1 is 1.00 bits per heavy atom. The lowest BCUT2D eigenvalue weighted by atomic mass is 9.96. The van der Waals surface area contributed by atoms with Crippen LogP contribution in [0.15, 0.2) is 30.3 Å². The molecule has 26 heavy (non-hydrogen) atoms. The van der Waals surface area contributed by atoms with Crippen molar-refractivity contribution >= 4 is 5.82 Å². The number of benzene rings is 1. The maximum absolute atomic E-state index is 10.5.